The standard InChI is InChI=1S/C9H18.C9H12/c2*1-3-9-6-4-8(2)5-7-9/h8-9H,3-7H2,1-2H3;4-7H,3H2,1-2H3. The van der Waals surface area contributed by atoms with Crippen LogP contribution in [0.15, 0.2) is 24.3 Å². The Hall–Kier alpha value is -0.780. The third-order valence-corrected chi connectivity index (χ3v) is 4.24. The molecule has 0 aromatic heterocycles. The van der Waals surface area contributed by atoms with Gasteiger partial charge in [0.2, 0.25) is 0 Å². The van der Waals surface area contributed by atoms with E-state index in [0.29, 0.717) is 0 Å². The summed E-state index contributed by atoms with van der Waals surface area (Å²) in [6.07, 6.45) is 8.51. The minimum absolute atomic E-state index is 1.02. The minimum atomic E-state index is 1.02. The Kier molecular flexibility index (Phi) is 7.08. The molecule has 0 heteroatoms. The van der Waals surface area contributed by atoms with E-state index in [1.807, 2.05) is 0 Å². The molecule has 0 N–H and O–H groups in total. The van der Waals surface area contributed by atoms with Crippen LogP contribution in [-0.2, 0) is 6.42 Å². The largest absolute Gasteiger partial charge is 0.0651 e. The Balaban J connectivity index is 0.000000180. The molecule has 1 aliphatic carbocycles. The first-order valence-electron chi connectivity index (χ1n) is 7.71. The summed E-state index contributed by atoms with van der Waals surface area (Å²) in [5.74, 6) is 2.09. The second-order valence-corrected chi connectivity index (χ2v) is 5.87. The number of rotatable bonds is 2. The fourth-order valence-electron chi connectivity index (χ4n) is 2.56. The molecule has 0 atom stereocenters. The Morgan fingerprint density at radius 2 is 1.50 bits per heavy atom. The van der Waals surface area contributed by atoms with Crippen LogP contribution in [-0.4, -0.2) is 0 Å². The molecule has 102 valence electrons. The molecule has 1 aromatic carbocycles. The van der Waals surface area contributed by atoms with Crippen molar-refractivity contribution in [3.05, 3.63) is 35.4 Å². The molecule has 0 amide bonds. The zero-order valence-corrected chi connectivity index (χ0v) is 12.7. The zero-order chi connectivity index (χ0) is 13.4. The van der Waals surface area contributed by atoms with Gasteiger partial charge in [-0.3, -0.25) is 0 Å². The lowest BCUT2D eigenvalue weighted by Gasteiger charge is -2.24. The predicted octanol–water partition coefficient (Wildman–Crippen LogP) is 5.78. The van der Waals surface area contributed by atoms with Crippen molar-refractivity contribution in [1.82, 2.24) is 0 Å². The van der Waals surface area contributed by atoms with E-state index in [-0.39, 0.29) is 0 Å². The number of hydrogen-bond acceptors (Lipinski definition) is 0. The molecule has 1 fully saturated rings. The summed E-state index contributed by atoms with van der Waals surface area (Å²) >= 11 is 0. The van der Waals surface area contributed by atoms with Gasteiger partial charge in [-0.05, 0) is 30.7 Å². The highest BCUT2D eigenvalue weighted by atomic mass is 14.2. The second-order valence-electron chi connectivity index (χ2n) is 5.87. The molecule has 0 spiro atoms. The molecule has 0 radical (unpaired) electrons. The van der Waals surface area contributed by atoms with Crippen molar-refractivity contribution in [2.24, 2.45) is 11.8 Å². The highest BCUT2D eigenvalue weighted by molar-refractivity contribution is 5.20. The Bertz CT molecular complexity index is 301. The zero-order valence-electron chi connectivity index (χ0n) is 12.7. The van der Waals surface area contributed by atoms with E-state index >= 15 is 0 Å². The van der Waals surface area contributed by atoms with E-state index in [1.54, 1.807) is 0 Å². The first-order chi connectivity index (χ1) is 8.65. The lowest BCUT2D eigenvalue weighted by atomic mass is 9.82. The highest BCUT2D eigenvalue weighted by Crippen LogP contribution is 2.29. The van der Waals surface area contributed by atoms with E-state index in [1.165, 1.54) is 43.2 Å². The fraction of sp³-hybridized carbons (Fsp3) is 0.667. The molecule has 0 bridgehead atoms. The molecule has 18 heavy (non-hydrogen) atoms. The van der Waals surface area contributed by atoms with Crippen molar-refractivity contribution < 1.29 is 0 Å². The maximum absolute atomic E-state index is 2.38. The predicted molar refractivity (Wildman–Crippen MR) is 82.0 cm³/mol. The van der Waals surface area contributed by atoms with Crippen LogP contribution in [0.3, 0.4) is 0 Å². The fourth-order valence-corrected chi connectivity index (χ4v) is 2.56. The lowest BCUT2D eigenvalue weighted by molar-refractivity contribution is 0.284. The van der Waals surface area contributed by atoms with Crippen LogP contribution in [0, 0.1) is 18.8 Å². The van der Waals surface area contributed by atoms with E-state index in [4.69, 9.17) is 0 Å². The Labute approximate surface area is 114 Å². The molecule has 0 aliphatic heterocycles. The topological polar surface area (TPSA) is 0 Å². The van der Waals surface area contributed by atoms with Crippen LogP contribution >= 0.6 is 0 Å². The monoisotopic (exact) mass is 246 g/mol. The van der Waals surface area contributed by atoms with Gasteiger partial charge in [0.25, 0.3) is 0 Å². The van der Waals surface area contributed by atoms with Gasteiger partial charge >= 0.3 is 0 Å². The smallest absolute Gasteiger partial charge is 0.0307 e. The molecular formula is C18H30. The quantitative estimate of drug-likeness (QED) is 0.620. The first kappa shape index (κ1) is 15.3. The molecule has 1 saturated carbocycles. The second kappa shape index (κ2) is 8.34. The van der Waals surface area contributed by atoms with E-state index in [2.05, 4.69) is 52.0 Å². The average Bonchev–Trinajstić information content (AvgIpc) is 2.41. The van der Waals surface area contributed by atoms with Crippen molar-refractivity contribution in [3.63, 3.8) is 0 Å². The van der Waals surface area contributed by atoms with Gasteiger partial charge in [0.15, 0.2) is 0 Å². The van der Waals surface area contributed by atoms with Gasteiger partial charge in [-0.2, -0.15) is 0 Å². The van der Waals surface area contributed by atoms with Crippen LogP contribution in [0.25, 0.3) is 0 Å². The summed E-state index contributed by atoms with van der Waals surface area (Å²) < 4.78 is 0. The SMILES string of the molecule is CCC1CCC(C)CC1.CCc1ccc(C)cc1. The first-order valence-corrected chi connectivity index (χ1v) is 7.71. The van der Waals surface area contributed by atoms with Crippen molar-refractivity contribution in [2.75, 3.05) is 0 Å². The molecule has 0 unspecified atom stereocenters. The van der Waals surface area contributed by atoms with Gasteiger partial charge in [0.05, 0.1) is 0 Å². The molecular weight excluding hydrogens is 216 g/mol. The molecule has 0 saturated heterocycles. The van der Waals surface area contributed by atoms with Gasteiger partial charge in [0, 0.05) is 0 Å². The van der Waals surface area contributed by atoms with Crippen LogP contribution in [0.2, 0.25) is 0 Å². The van der Waals surface area contributed by atoms with Crippen LogP contribution in [0.1, 0.15) is 64.0 Å². The van der Waals surface area contributed by atoms with Gasteiger partial charge in [0.1, 0.15) is 0 Å². The van der Waals surface area contributed by atoms with Crippen LogP contribution in [0.4, 0.5) is 0 Å². The van der Waals surface area contributed by atoms with Crippen molar-refractivity contribution in [1.29, 1.82) is 0 Å². The summed E-state index contributed by atoms with van der Waals surface area (Å²) in [5.41, 5.74) is 2.76. The Morgan fingerprint density at radius 1 is 0.944 bits per heavy atom. The Morgan fingerprint density at radius 3 is 1.94 bits per heavy atom. The summed E-state index contributed by atoms with van der Waals surface area (Å²) in [5, 5.41) is 0. The van der Waals surface area contributed by atoms with E-state index in [0.717, 1.165) is 18.3 Å². The molecule has 2 rings (SSSR count). The van der Waals surface area contributed by atoms with Gasteiger partial charge in [-0.15, -0.1) is 0 Å². The summed E-state index contributed by atoms with van der Waals surface area (Å²) in [6.45, 7) is 8.98. The maximum Gasteiger partial charge on any atom is -0.0307 e. The van der Waals surface area contributed by atoms with Crippen LogP contribution in [0.5, 0.6) is 0 Å². The summed E-state index contributed by atoms with van der Waals surface area (Å²) in [4.78, 5) is 0. The summed E-state index contributed by atoms with van der Waals surface area (Å²) in [6, 6.07) is 8.66. The van der Waals surface area contributed by atoms with E-state index < -0.39 is 0 Å². The van der Waals surface area contributed by atoms with Gasteiger partial charge in [-0.25, -0.2) is 0 Å². The number of hydrogen-bond donors (Lipinski definition) is 0. The highest BCUT2D eigenvalue weighted by Gasteiger charge is 2.15. The van der Waals surface area contributed by atoms with Gasteiger partial charge in [-0.1, -0.05) is 82.7 Å². The number of benzene rings is 1. The molecule has 0 nitrogen and oxygen atoms in total. The lowest BCUT2D eigenvalue weighted by Crippen LogP contribution is -2.10. The maximum atomic E-state index is 2.38. The van der Waals surface area contributed by atoms with Crippen molar-refractivity contribution in [3.8, 4) is 0 Å². The normalized spacial score (nSPS) is 23.1. The van der Waals surface area contributed by atoms with Crippen molar-refractivity contribution >= 4 is 0 Å². The molecule has 0 heterocycles. The molecule has 1 aromatic rings. The number of aryl methyl sites for hydroxylation is 2. The summed E-state index contributed by atoms with van der Waals surface area (Å²) in [7, 11) is 0. The van der Waals surface area contributed by atoms with E-state index in [9.17, 15) is 0 Å². The third kappa shape index (κ3) is 5.71. The average molecular weight is 246 g/mol. The molecule has 1 aliphatic rings. The third-order valence-electron chi connectivity index (χ3n) is 4.24. The van der Waals surface area contributed by atoms with Crippen molar-refractivity contribution in [2.45, 2.75) is 66.2 Å². The van der Waals surface area contributed by atoms with Crippen LogP contribution < -0.4 is 0 Å². The van der Waals surface area contributed by atoms with Gasteiger partial charge < -0.3 is 0 Å². The minimum Gasteiger partial charge on any atom is -0.0651 e.